The van der Waals surface area contributed by atoms with Crippen LogP contribution in [-0.4, -0.2) is 14.6 Å². The zero-order valence-electron chi connectivity index (χ0n) is 11.2. The van der Waals surface area contributed by atoms with E-state index in [1.807, 2.05) is 53.0 Å². The Morgan fingerprint density at radius 1 is 0.955 bits per heavy atom. The van der Waals surface area contributed by atoms with Crippen molar-refractivity contribution < 1.29 is 0 Å². The van der Waals surface area contributed by atoms with Crippen LogP contribution < -0.4 is 0 Å². The Hall–Kier alpha value is -1.69. The van der Waals surface area contributed by atoms with Crippen molar-refractivity contribution in [2.45, 2.75) is 0 Å². The molecule has 3 nitrogen and oxygen atoms in total. The third-order valence-corrected chi connectivity index (χ3v) is 4.92. The lowest BCUT2D eigenvalue weighted by molar-refractivity contribution is 0.990. The zero-order valence-corrected chi connectivity index (χ0v) is 14.4. The molecule has 108 valence electrons. The van der Waals surface area contributed by atoms with E-state index in [1.165, 1.54) is 0 Å². The number of nitrogens with zero attached hydrogens (tertiary/aromatic N) is 3. The van der Waals surface area contributed by atoms with Gasteiger partial charge in [0.05, 0.1) is 5.69 Å². The Kier molecular flexibility index (Phi) is 3.48. The van der Waals surface area contributed by atoms with Gasteiger partial charge in [0.15, 0.2) is 5.82 Å². The molecule has 0 atom stereocenters. The van der Waals surface area contributed by atoms with Crippen LogP contribution in [-0.2, 0) is 0 Å². The number of halogens is 2. The van der Waals surface area contributed by atoms with E-state index >= 15 is 0 Å². The van der Waals surface area contributed by atoms with Gasteiger partial charge in [-0.2, -0.15) is 4.98 Å². The van der Waals surface area contributed by atoms with Gasteiger partial charge in [-0.15, -0.1) is 16.4 Å². The Balaban J connectivity index is 1.82. The van der Waals surface area contributed by atoms with E-state index in [1.54, 1.807) is 11.3 Å². The minimum absolute atomic E-state index is 0.726. The SMILES string of the molecule is Clc1ccc(-c2csc3nc(-c4ccc(Br)cc4)nn23)cc1. The lowest BCUT2D eigenvalue weighted by Gasteiger charge is -1.99. The molecule has 4 rings (SSSR count). The Morgan fingerprint density at radius 3 is 2.36 bits per heavy atom. The molecule has 0 saturated carbocycles. The molecule has 0 aliphatic rings. The van der Waals surface area contributed by atoms with Gasteiger partial charge < -0.3 is 0 Å². The first-order valence-corrected chi connectivity index (χ1v) is 8.62. The molecular weight excluding hydrogens is 382 g/mol. The first kappa shape index (κ1) is 13.9. The standard InChI is InChI=1S/C16H9BrClN3S/c17-12-5-1-11(2-6-12)15-19-16-21(20-15)14(9-22-16)10-3-7-13(18)8-4-10/h1-9H. The highest BCUT2D eigenvalue weighted by Crippen LogP contribution is 2.28. The average molecular weight is 391 g/mol. The number of hydrogen-bond acceptors (Lipinski definition) is 3. The molecule has 0 aliphatic heterocycles. The van der Waals surface area contributed by atoms with E-state index < -0.39 is 0 Å². The molecule has 0 bridgehead atoms. The molecule has 2 heterocycles. The second-order valence-electron chi connectivity index (χ2n) is 4.76. The molecule has 0 fully saturated rings. The normalized spacial score (nSPS) is 11.2. The number of fused-ring (bicyclic) bond motifs is 1. The van der Waals surface area contributed by atoms with Gasteiger partial charge in [-0.05, 0) is 24.3 Å². The number of hydrogen-bond donors (Lipinski definition) is 0. The number of aromatic nitrogens is 3. The lowest BCUT2D eigenvalue weighted by Crippen LogP contribution is -1.89. The van der Waals surface area contributed by atoms with E-state index in [4.69, 9.17) is 11.6 Å². The summed E-state index contributed by atoms with van der Waals surface area (Å²) in [6.45, 7) is 0. The summed E-state index contributed by atoms with van der Waals surface area (Å²) in [5.41, 5.74) is 3.09. The van der Waals surface area contributed by atoms with Crippen LogP contribution in [0.25, 0.3) is 27.6 Å². The summed E-state index contributed by atoms with van der Waals surface area (Å²) in [5.74, 6) is 0.731. The fourth-order valence-electron chi connectivity index (χ4n) is 2.22. The molecule has 0 N–H and O–H groups in total. The van der Waals surface area contributed by atoms with Crippen LogP contribution in [0.15, 0.2) is 58.4 Å². The van der Waals surface area contributed by atoms with E-state index in [0.717, 1.165) is 37.1 Å². The third-order valence-electron chi connectivity index (χ3n) is 3.32. The highest BCUT2D eigenvalue weighted by Gasteiger charge is 2.12. The Bertz CT molecular complexity index is 942. The minimum Gasteiger partial charge on any atom is -0.203 e. The van der Waals surface area contributed by atoms with Crippen molar-refractivity contribution in [1.29, 1.82) is 0 Å². The molecule has 22 heavy (non-hydrogen) atoms. The number of thiazole rings is 1. The van der Waals surface area contributed by atoms with Crippen LogP contribution >= 0.6 is 38.9 Å². The third kappa shape index (κ3) is 2.45. The van der Waals surface area contributed by atoms with Crippen LogP contribution in [0.5, 0.6) is 0 Å². The van der Waals surface area contributed by atoms with E-state index in [-0.39, 0.29) is 0 Å². The van der Waals surface area contributed by atoms with Crippen LogP contribution in [0.2, 0.25) is 5.02 Å². The van der Waals surface area contributed by atoms with Crippen molar-refractivity contribution in [2.75, 3.05) is 0 Å². The van der Waals surface area contributed by atoms with Gasteiger partial charge in [-0.25, -0.2) is 4.52 Å². The second kappa shape index (κ2) is 5.50. The molecule has 0 unspecified atom stereocenters. The fraction of sp³-hybridized carbons (Fsp3) is 0. The van der Waals surface area contributed by atoms with E-state index in [9.17, 15) is 0 Å². The minimum atomic E-state index is 0.726. The van der Waals surface area contributed by atoms with Crippen molar-refractivity contribution in [3.63, 3.8) is 0 Å². The highest BCUT2D eigenvalue weighted by molar-refractivity contribution is 9.10. The predicted octanol–water partition coefficient (Wildman–Crippen LogP) is 5.54. The molecule has 0 saturated heterocycles. The molecule has 0 spiro atoms. The summed E-state index contributed by atoms with van der Waals surface area (Å²) < 4.78 is 2.92. The summed E-state index contributed by atoms with van der Waals surface area (Å²) in [6.07, 6.45) is 0. The van der Waals surface area contributed by atoms with Gasteiger partial charge in [-0.1, -0.05) is 51.8 Å². The molecular formula is C16H9BrClN3S. The molecule has 0 radical (unpaired) electrons. The van der Waals surface area contributed by atoms with Gasteiger partial charge >= 0.3 is 0 Å². The van der Waals surface area contributed by atoms with E-state index in [2.05, 4.69) is 31.4 Å². The summed E-state index contributed by atoms with van der Waals surface area (Å²) in [7, 11) is 0. The number of rotatable bonds is 2. The topological polar surface area (TPSA) is 30.2 Å². The maximum Gasteiger partial charge on any atom is 0.213 e. The molecule has 0 aliphatic carbocycles. The first-order chi connectivity index (χ1) is 10.7. The Morgan fingerprint density at radius 2 is 1.64 bits per heavy atom. The summed E-state index contributed by atoms with van der Waals surface area (Å²) >= 11 is 11.0. The van der Waals surface area contributed by atoms with Gasteiger partial charge in [0, 0.05) is 26.0 Å². The molecule has 2 aromatic carbocycles. The van der Waals surface area contributed by atoms with Crippen molar-refractivity contribution in [2.24, 2.45) is 0 Å². The van der Waals surface area contributed by atoms with Crippen molar-refractivity contribution in [3.8, 4) is 22.6 Å². The van der Waals surface area contributed by atoms with Crippen molar-refractivity contribution in [1.82, 2.24) is 14.6 Å². The predicted molar refractivity (Wildman–Crippen MR) is 94.4 cm³/mol. The van der Waals surface area contributed by atoms with Crippen LogP contribution in [0.1, 0.15) is 0 Å². The molecule has 4 aromatic rings. The maximum absolute atomic E-state index is 5.95. The van der Waals surface area contributed by atoms with Gasteiger partial charge in [0.2, 0.25) is 4.96 Å². The molecule has 6 heteroatoms. The van der Waals surface area contributed by atoms with Crippen LogP contribution in [0.4, 0.5) is 0 Å². The fourth-order valence-corrected chi connectivity index (χ4v) is 3.44. The highest BCUT2D eigenvalue weighted by atomic mass is 79.9. The van der Waals surface area contributed by atoms with Crippen LogP contribution in [0.3, 0.4) is 0 Å². The Labute approximate surface area is 144 Å². The van der Waals surface area contributed by atoms with Gasteiger partial charge in [-0.3, -0.25) is 0 Å². The van der Waals surface area contributed by atoms with E-state index in [0.29, 0.717) is 0 Å². The number of benzene rings is 2. The van der Waals surface area contributed by atoms with Gasteiger partial charge in [0.25, 0.3) is 0 Å². The molecule has 0 amide bonds. The van der Waals surface area contributed by atoms with Crippen molar-refractivity contribution >= 4 is 43.8 Å². The maximum atomic E-state index is 5.95. The quantitative estimate of drug-likeness (QED) is 0.450. The second-order valence-corrected chi connectivity index (χ2v) is 6.95. The van der Waals surface area contributed by atoms with Gasteiger partial charge in [0.1, 0.15) is 0 Å². The summed E-state index contributed by atoms with van der Waals surface area (Å²) in [5, 5.41) is 7.42. The van der Waals surface area contributed by atoms with Crippen molar-refractivity contribution in [3.05, 3.63) is 63.4 Å². The zero-order chi connectivity index (χ0) is 15.1. The summed E-state index contributed by atoms with van der Waals surface area (Å²) in [6, 6.07) is 15.7. The molecule has 2 aromatic heterocycles. The lowest BCUT2D eigenvalue weighted by atomic mass is 10.2. The monoisotopic (exact) mass is 389 g/mol. The summed E-state index contributed by atoms with van der Waals surface area (Å²) in [4.78, 5) is 5.48. The first-order valence-electron chi connectivity index (χ1n) is 6.57. The smallest absolute Gasteiger partial charge is 0.203 e. The van der Waals surface area contributed by atoms with Crippen LogP contribution in [0, 0.1) is 0 Å². The average Bonchev–Trinajstić information content (AvgIpc) is 3.09. The largest absolute Gasteiger partial charge is 0.213 e.